The molecule has 0 fully saturated rings. The second-order valence-corrected chi connectivity index (χ2v) is 16.1. The van der Waals surface area contributed by atoms with Crippen LogP contribution in [0.3, 0.4) is 0 Å². The fraction of sp³-hybridized carbons (Fsp3) is 0.0526. The van der Waals surface area contributed by atoms with Gasteiger partial charge < -0.3 is 9.13 Å². The van der Waals surface area contributed by atoms with Crippen LogP contribution in [0.25, 0.3) is 105 Å². The number of aromatic nitrogens is 2. The average molecular weight is 753 g/mol. The Kier molecular flexibility index (Phi) is 7.46. The molecule has 2 aliphatic carbocycles. The van der Waals surface area contributed by atoms with Crippen LogP contribution < -0.4 is 0 Å². The van der Waals surface area contributed by atoms with E-state index in [-0.39, 0.29) is 6.04 Å². The number of hydrogen-bond donors (Lipinski definition) is 0. The van der Waals surface area contributed by atoms with Gasteiger partial charge in [-0.25, -0.2) is 0 Å². The van der Waals surface area contributed by atoms with Gasteiger partial charge in [-0.2, -0.15) is 0 Å². The first-order valence-electron chi connectivity index (χ1n) is 20.7. The molecule has 2 heterocycles. The van der Waals surface area contributed by atoms with Crippen molar-refractivity contribution in [2.45, 2.75) is 19.4 Å². The monoisotopic (exact) mass is 752 g/mol. The maximum Gasteiger partial charge on any atom is 0.0560 e. The van der Waals surface area contributed by atoms with E-state index in [4.69, 9.17) is 0 Å². The highest BCUT2D eigenvalue weighted by Gasteiger charge is 2.24. The summed E-state index contributed by atoms with van der Waals surface area (Å²) in [5.74, 6) is 0. The second kappa shape index (κ2) is 13.1. The van der Waals surface area contributed by atoms with Crippen LogP contribution >= 0.6 is 0 Å². The summed E-state index contributed by atoms with van der Waals surface area (Å²) < 4.78 is 5.03. The summed E-state index contributed by atoms with van der Waals surface area (Å²) in [5.41, 5.74) is 18.5. The fourth-order valence-corrected chi connectivity index (χ4v) is 10.2. The van der Waals surface area contributed by atoms with Gasteiger partial charge >= 0.3 is 0 Å². The van der Waals surface area contributed by atoms with Gasteiger partial charge in [-0.15, -0.1) is 0 Å². The van der Waals surface area contributed by atoms with Crippen LogP contribution in [0.15, 0.2) is 201 Å². The van der Waals surface area contributed by atoms with E-state index < -0.39 is 0 Å². The highest BCUT2D eigenvalue weighted by Crippen LogP contribution is 2.46. The fourth-order valence-electron chi connectivity index (χ4n) is 10.2. The summed E-state index contributed by atoms with van der Waals surface area (Å²) in [6.45, 7) is 6.41. The molecule has 0 amide bonds. The van der Waals surface area contributed by atoms with Crippen molar-refractivity contribution in [1.82, 2.24) is 9.13 Å². The highest BCUT2D eigenvalue weighted by atomic mass is 15.0. The summed E-state index contributed by atoms with van der Waals surface area (Å²) >= 11 is 0. The van der Waals surface area contributed by atoms with Crippen molar-refractivity contribution in [1.29, 1.82) is 0 Å². The number of hydrogen-bond acceptors (Lipinski definition) is 0. The molecule has 2 aromatic heterocycles. The van der Waals surface area contributed by atoms with Gasteiger partial charge in [0.1, 0.15) is 0 Å². The van der Waals surface area contributed by atoms with Crippen LogP contribution in [-0.2, 0) is 0 Å². The van der Waals surface area contributed by atoms with Crippen molar-refractivity contribution >= 4 is 65.5 Å². The zero-order valence-electron chi connectivity index (χ0n) is 32.9. The SMILES string of the molecule is C=CC1=C(C)c2cccc3c(-n4c5ccc(-c6ccccc6)cc5c5cc(-c6ccc7c(c6)c6cc(-c8ccccc8)ccc6n7C6C=CC=CC6)ccc54)ccc1c23. The number of benzene rings is 8. The smallest absolute Gasteiger partial charge is 0.0560 e. The lowest BCUT2D eigenvalue weighted by atomic mass is 9.98. The lowest BCUT2D eigenvalue weighted by molar-refractivity contribution is 0.648. The van der Waals surface area contributed by atoms with Gasteiger partial charge in [0.2, 0.25) is 0 Å². The molecule has 8 aromatic carbocycles. The van der Waals surface area contributed by atoms with Gasteiger partial charge in [0.15, 0.2) is 0 Å². The molecule has 2 nitrogen and oxygen atoms in total. The summed E-state index contributed by atoms with van der Waals surface area (Å²) in [5, 5.41) is 7.62. The van der Waals surface area contributed by atoms with Crippen molar-refractivity contribution < 1.29 is 0 Å². The van der Waals surface area contributed by atoms with E-state index in [0.29, 0.717) is 0 Å². The first-order valence-corrected chi connectivity index (χ1v) is 20.7. The molecule has 0 bridgehead atoms. The Hall–Kier alpha value is -7.42. The van der Waals surface area contributed by atoms with E-state index >= 15 is 0 Å². The molecule has 59 heavy (non-hydrogen) atoms. The lowest BCUT2D eigenvalue weighted by Gasteiger charge is -2.18. The van der Waals surface area contributed by atoms with Crippen molar-refractivity contribution in [3.8, 4) is 39.1 Å². The Morgan fingerprint density at radius 1 is 0.492 bits per heavy atom. The van der Waals surface area contributed by atoms with Crippen LogP contribution in [0.2, 0.25) is 0 Å². The molecule has 0 N–H and O–H groups in total. The van der Waals surface area contributed by atoms with E-state index in [1.54, 1.807) is 0 Å². The van der Waals surface area contributed by atoms with Crippen LogP contribution in [0.5, 0.6) is 0 Å². The summed E-state index contributed by atoms with van der Waals surface area (Å²) in [6.07, 6.45) is 12.0. The molecule has 2 aliphatic rings. The predicted octanol–water partition coefficient (Wildman–Crippen LogP) is 15.5. The Morgan fingerprint density at radius 2 is 1.03 bits per heavy atom. The molecule has 2 heteroatoms. The minimum Gasteiger partial charge on any atom is -0.333 e. The van der Waals surface area contributed by atoms with E-state index in [0.717, 1.165) is 6.42 Å². The Bertz CT molecular complexity index is 3480. The standard InChI is InChI=1S/C57H40N2/c1-3-44-36(2)45-20-13-21-47-52(31-26-46(44)57(45)47)59-55-29-23-40(38-16-9-5-10-17-38)33-50(55)51-35-42(25-30-56(51)59)41-24-28-54-49(34-41)48-32-39(37-14-7-4-8-15-37)22-27-53(48)58(54)43-18-11-6-12-19-43/h3-18,20-35,43H,1,19H2,2H3. The molecule has 0 aliphatic heterocycles. The minimum absolute atomic E-state index is 0.267. The van der Waals surface area contributed by atoms with Gasteiger partial charge in [-0.05, 0) is 129 Å². The van der Waals surface area contributed by atoms with Crippen LogP contribution in [0.1, 0.15) is 30.5 Å². The van der Waals surface area contributed by atoms with Crippen LogP contribution in [0, 0.1) is 0 Å². The molecular formula is C57H40N2. The predicted molar refractivity (Wildman–Crippen MR) is 252 cm³/mol. The first-order chi connectivity index (χ1) is 29.1. The largest absolute Gasteiger partial charge is 0.333 e. The molecular weight excluding hydrogens is 713 g/mol. The quantitative estimate of drug-likeness (QED) is 0.160. The Morgan fingerprint density at radius 3 is 1.58 bits per heavy atom. The molecule has 12 rings (SSSR count). The van der Waals surface area contributed by atoms with E-state index in [1.165, 1.54) is 116 Å². The third-order valence-corrected chi connectivity index (χ3v) is 13.0. The van der Waals surface area contributed by atoms with Crippen molar-refractivity contribution in [3.05, 3.63) is 212 Å². The third-order valence-electron chi connectivity index (χ3n) is 13.0. The molecule has 0 saturated heterocycles. The number of rotatable bonds is 6. The molecule has 10 aromatic rings. The van der Waals surface area contributed by atoms with E-state index in [1.807, 2.05) is 6.08 Å². The van der Waals surface area contributed by atoms with Crippen molar-refractivity contribution in [3.63, 3.8) is 0 Å². The molecule has 0 saturated carbocycles. The van der Waals surface area contributed by atoms with Gasteiger partial charge in [-0.3, -0.25) is 0 Å². The summed E-state index contributed by atoms with van der Waals surface area (Å²) in [6, 6.07) is 61.3. The number of fused-ring (bicyclic) bond motifs is 6. The maximum absolute atomic E-state index is 4.18. The normalized spacial score (nSPS) is 14.8. The second-order valence-electron chi connectivity index (χ2n) is 16.1. The van der Waals surface area contributed by atoms with E-state index in [9.17, 15) is 0 Å². The number of nitrogens with zero attached hydrogens (tertiary/aromatic N) is 2. The zero-order valence-corrected chi connectivity index (χ0v) is 32.9. The summed E-state index contributed by atoms with van der Waals surface area (Å²) in [7, 11) is 0. The minimum atomic E-state index is 0.267. The molecule has 278 valence electrons. The van der Waals surface area contributed by atoms with Gasteiger partial charge in [0.25, 0.3) is 0 Å². The zero-order chi connectivity index (χ0) is 39.2. The van der Waals surface area contributed by atoms with Gasteiger partial charge in [-0.1, -0.05) is 146 Å². The van der Waals surface area contributed by atoms with Gasteiger partial charge in [0, 0.05) is 38.0 Å². The van der Waals surface area contributed by atoms with Crippen molar-refractivity contribution in [2.24, 2.45) is 0 Å². The maximum atomic E-state index is 4.18. The Labute approximate surface area is 343 Å². The van der Waals surface area contributed by atoms with Gasteiger partial charge in [0.05, 0.1) is 22.8 Å². The highest BCUT2D eigenvalue weighted by molar-refractivity contribution is 6.19. The van der Waals surface area contributed by atoms with Crippen LogP contribution in [0.4, 0.5) is 0 Å². The Balaban J connectivity index is 1.09. The third kappa shape index (κ3) is 5.06. The molecule has 0 spiro atoms. The lowest BCUT2D eigenvalue weighted by Crippen LogP contribution is -2.06. The van der Waals surface area contributed by atoms with E-state index in [2.05, 4.69) is 211 Å². The molecule has 1 unspecified atom stereocenters. The molecule has 1 atom stereocenters. The topological polar surface area (TPSA) is 9.86 Å². The van der Waals surface area contributed by atoms with Crippen molar-refractivity contribution in [2.75, 3.05) is 0 Å². The first kappa shape index (κ1) is 33.7. The van der Waals surface area contributed by atoms with Crippen LogP contribution in [-0.4, -0.2) is 9.13 Å². The average Bonchev–Trinajstić information content (AvgIpc) is 3.91. The molecule has 0 radical (unpaired) electrons. The number of allylic oxidation sites excluding steroid dienone is 7. The summed E-state index contributed by atoms with van der Waals surface area (Å²) in [4.78, 5) is 0.